The molecule has 0 atom stereocenters. The van der Waals surface area contributed by atoms with E-state index >= 15 is 0 Å². The van der Waals surface area contributed by atoms with Gasteiger partial charge in [-0.3, -0.25) is 9.78 Å². The Balaban J connectivity index is 1.79. The summed E-state index contributed by atoms with van der Waals surface area (Å²) >= 11 is 1.40. The summed E-state index contributed by atoms with van der Waals surface area (Å²) in [6.45, 7) is 5.89. The number of benzene rings is 1. The lowest BCUT2D eigenvalue weighted by Crippen LogP contribution is -2.40. The summed E-state index contributed by atoms with van der Waals surface area (Å²) in [5.74, 6) is -0.222. The standard InChI is InChI=1S/C22H25N5OS/c1-14-7-15(2)9-16(8-14)18-10-24-11-19(26-22(28)20-12-29-13-25-20)21(18)27-5-3-17(23)4-6-27/h7-13,17H,3-6,23H2,1-2H3,(H,26,28). The highest BCUT2D eigenvalue weighted by Gasteiger charge is 2.24. The Morgan fingerprint density at radius 3 is 2.55 bits per heavy atom. The van der Waals surface area contributed by atoms with Gasteiger partial charge < -0.3 is 16.0 Å². The molecule has 1 fully saturated rings. The molecule has 1 aliphatic heterocycles. The van der Waals surface area contributed by atoms with E-state index in [4.69, 9.17) is 5.73 Å². The van der Waals surface area contributed by atoms with Crippen LogP contribution in [0.25, 0.3) is 11.1 Å². The minimum atomic E-state index is -0.222. The lowest BCUT2D eigenvalue weighted by Gasteiger charge is -2.34. The van der Waals surface area contributed by atoms with E-state index in [1.165, 1.54) is 22.5 Å². The molecular weight excluding hydrogens is 382 g/mol. The first-order chi connectivity index (χ1) is 14.0. The first kappa shape index (κ1) is 19.5. The fourth-order valence-corrected chi connectivity index (χ4v) is 4.39. The number of hydrogen-bond acceptors (Lipinski definition) is 6. The number of hydrogen-bond donors (Lipinski definition) is 2. The topological polar surface area (TPSA) is 84.1 Å². The third kappa shape index (κ3) is 4.31. The van der Waals surface area contributed by atoms with Crippen molar-refractivity contribution in [3.63, 3.8) is 0 Å². The molecule has 0 saturated carbocycles. The molecule has 1 aromatic carbocycles. The summed E-state index contributed by atoms with van der Waals surface area (Å²) in [5.41, 5.74) is 14.4. The summed E-state index contributed by atoms with van der Waals surface area (Å²) < 4.78 is 0. The SMILES string of the molecule is Cc1cc(C)cc(-c2cncc(NC(=O)c3cscn3)c2N2CCC(N)CC2)c1. The molecule has 0 unspecified atom stereocenters. The smallest absolute Gasteiger partial charge is 0.275 e. The zero-order valence-electron chi connectivity index (χ0n) is 16.7. The predicted octanol–water partition coefficient (Wildman–Crippen LogP) is 4.00. The van der Waals surface area contributed by atoms with Crippen molar-refractivity contribution in [2.45, 2.75) is 32.7 Å². The van der Waals surface area contributed by atoms with E-state index in [0.717, 1.165) is 42.7 Å². The van der Waals surface area contributed by atoms with Gasteiger partial charge in [0.15, 0.2) is 0 Å². The molecule has 2 aromatic heterocycles. The van der Waals surface area contributed by atoms with E-state index in [0.29, 0.717) is 11.4 Å². The van der Waals surface area contributed by atoms with E-state index in [9.17, 15) is 4.79 Å². The Bertz CT molecular complexity index is 990. The summed E-state index contributed by atoms with van der Waals surface area (Å²) in [6, 6.07) is 6.71. The van der Waals surface area contributed by atoms with Crippen LogP contribution in [-0.4, -0.2) is 35.0 Å². The van der Waals surface area contributed by atoms with Crippen LogP contribution in [0.5, 0.6) is 0 Å². The van der Waals surface area contributed by atoms with Crippen LogP contribution in [-0.2, 0) is 0 Å². The molecule has 1 aliphatic rings. The Kier molecular flexibility index (Phi) is 5.60. The fraction of sp³-hybridized carbons (Fsp3) is 0.318. The quantitative estimate of drug-likeness (QED) is 0.683. The molecule has 1 amide bonds. The molecule has 6 nitrogen and oxygen atoms in total. The number of rotatable bonds is 4. The van der Waals surface area contributed by atoms with Gasteiger partial charge in [-0.2, -0.15) is 0 Å². The molecule has 3 heterocycles. The Labute approximate surface area is 174 Å². The predicted molar refractivity (Wildman–Crippen MR) is 119 cm³/mol. The first-order valence-corrected chi connectivity index (χ1v) is 10.7. The van der Waals surface area contributed by atoms with Crippen LogP contribution < -0.4 is 16.0 Å². The second-order valence-electron chi connectivity index (χ2n) is 7.61. The molecule has 3 N–H and O–H groups in total. The average molecular weight is 408 g/mol. The number of pyridine rings is 1. The molecule has 7 heteroatoms. The van der Waals surface area contributed by atoms with Gasteiger partial charge in [0.05, 0.1) is 23.1 Å². The minimum Gasteiger partial charge on any atom is -0.369 e. The Morgan fingerprint density at radius 2 is 1.90 bits per heavy atom. The van der Waals surface area contributed by atoms with Crippen molar-refractivity contribution in [1.29, 1.82) is 0 Å². The molecule has 0 bridgehead atoms. The van der Waals surface area contributed by atoms with E-state index < -0.39 is 0 Å². The highest BCUT2D eigenvalue weighted by Crippen LogP contribution is 2.38. The van der Waals surface area contributed by atoms with Gasteiger partial charge in [0, 0.05) is 36.3 Å². The third-order valence-electron chi connectivity index (χ3n) is 5.22. The van der Waals surface area contributed by atoms with Gasteiger partial charge in [0.2, 0.25) is 0 Å². The number of carbonyl (C=O) groups excluding carboxylic acids is 1. The summed E-state index contributed by atoms with van der Waals surface area (Å²) in [6.07, 6.45) is 5.46. The van der Waals surface area contributed by atoms with Gasteiger partial charge in [-0.15, -0.1) is 11.3 Å². The Hall–Kier alpha value is -2.77. The van der Waals surface area contributed by atoms with Gasteiger partial charge in [0.1, 0.15) is 5.69 Å². The van der Waals surface area contributed by atoms with Crippen LogP contribution in [0.2, 0.25) is 0 Å². The van der Waals surface area contributed by atoms with E-state index in [1.807, 2.05) is 6.20 Å². The van der Waals surface area contributed by atoms with Gasteiger partial charge in [-0.1, -0.05) is 29.3 Å². The number of aromatic nitrogens is 2. The lowest BCUT2D eigenvalue weighted by molar-refractivity contribution is 0.102. The second-order valence-corrected chi connectivity index (χ2v) is 8.33. The van der Waals surface area contributed by atoms with Crippen molar-refractivity contribution in [2.75, 3.05) is 23.3 Å². The maximum Gasteiger partial charge on any atom is 0.275 e. The minimum absolute atomic E-state index is 0.222. The zero-order valence-corrected chi connectivity index (χ0v) is 17.5. The number of nitrogens with two attached hydrogens (primary N) is 1. The molecule has 1 saturated heterocycles. The summed E-state index contributed by atoms with van der Waals surface area (Å²) in [7, 11) is 0. The van der Waals surface area contributed by atoms with Crippen molar-refractivity contribution in [1.82, 2.24) is 9.97 Å². The largest absolute Gasteiger partial charge is 0.369 e. The van der Waals surface area contributed by atoms with E-state index in [1.54, 1.807) is 17.1 Å². The second kappa shape index (κ2) is 8.31. The van der Waals surface area contributed by atoms with Crippen LogP contribution in [0.3, 0.4) is 0 Å². The highest BCUT2D eigenvalue weighted by molar-refractivity contribution is 7.07. The Morgan fingerprint density at radius 1 is 1.17 bits per heavy atom. The molecule has 3 aromatic rings. The van der Waals surface area contributed by atoms with Gasteiger partial charge in [-0.05, 0) is 32.3 Å². The van der Waals surface area contributed by atoms with Gasteiger partial charge in [0.25, 0.3) is 5.91 Å². The summed E-state index contributed by atoms with van der Waals surface area (Å²) in [5, 5.41) is 4.78. The number of nitrogens with zero attached hydrogens (tertiary/aromatic N) is 3. The zero-order chi connectivity index (χ0) is 20.4. The van der Waals surface area contributed by atoms with Crippen molar-refractivity contribution in [3.8, 4) is 11.1 Å². The molecule has 0 aliphatic carbocycles. The van der Waals surface area contributed by atoms with E-state index in [2.05, 4.69) is 52.2 Å². The van der Waals surface area contributed by atoms with Gasteiger partial charge >= 0.3 is 0 Å². The van der Waals surface area contributed by atoms with Gasteiger partial charge in [-0.25, -0.2) is 4.98 Å². The van der Waals surface area contributed by atoms with Crippen molar-refractivity contribution in [2.24, 2.45) is 5.73 Å². The normalized spacial score (nSPS) is 14.8. The van der Waals surface area contributed by atoms with Crippen LogP contribution in [0, 0.1) is 13.8 Å². The fourth-order valence-electron chi connectivity index (χ4n) is 3.86. The van der Waals surface area contributed by atoms with Crippen LogP contribution in [0.1, 0.15) is 34.5 Å². The molecule has 0 spiro atoms. The van der Waals surface area contributed by atoms with E-state index in [-0.39, 0.29) is 11.9 Å². The number of piperidine rings is 1. The molecule has 4 rings (SSSR count). The molecular formula is C22H25N5OS. The third-order valence-corrected chi connectivity index (χ3v) is 5.81. The van der Waals surface area contributed by atoms with Crippen molar-refractivity contribution < 1.29 is 4.79 Å². The lowest BCUT2D eigenvalue weighted by atomic mass is 9.98. The molecule has 150 valence electrons. The van der Waals surface area contributed by atoms with Crippen LogP contribution >= 0.6 is 11.3 Å². The maximum atomic E-state index is 12.7. The highest BCUT2D eigenvalue weighted by atomic mass is 32.1. The van der Waals surface area contributed by atoms with Crippen molar-refractivity contribution in [3.05, 3.63) is 58.3 Å². The first-order valence-electron chi connectivity index (χ1n) is 9.78. The number of amides is 1. The number of nitrogens with one attached hydrogen (secondary N) is 1. The van der Waals surface area contributed by atoms with Crippen LogP contribution in [0.15, 0.2) is 41.5 Å². The number of anilines is 2. The average Bonchev–Trinajstić information content (AvgIpc) is 3.23. The number of carbonyl (C=O) groups is 1. The molecule has 29 heavy (non-hydrogen) atoms. The number of aryl methyl sites for hydroxylation is 2. The monoisotopic (exact) mass is 407 g/mol. The maximum absolute atomic E-state index is 12.7. The van der Waals surface area contributed by atoms with Crippen molar-refractivity contribution >= 4 is 28.6 Å². The molecule has 0 radical (unpaired) electrons. The summed E-state index contributed by atoms with van der Waals surface area (Å²) in [4.78, 5) is 23.6. The van der Waals surface area contributed by atoms with Crippen LogP contribution in [0.4, 0.5) is 11.4 Å². The number of thiazole rings is 1.